The summed E-state index contributed by atoms with van der Waals surface area (Å²) in [5.74, 6) is -0.0740. The maximum absolute atomic E-state index is 12.2. The van der Waals surface area contributed by atoms with Crippen molar-refractivity contribution in [2.24, 2.45) is 0 Å². The molecule has 1 heterocycles. The number of hydrogen-bond donors (Lipinski definition) is 2. The van der Waals surface area contributed by atoms with Crippen LogP contribution in [-0.2, 0) is 0 Å². The first-order valence-corrected chi connectivity index (χ1v) is 6.63. The van der Waals surface area contributed by atoms with Gasteiger partial charge in [0.2, 0.25) is 0 Å². The Morgan fingerprint density at radius 1 is 1.16 bits per heavy atom. The Morgan fingerprint density at radius 2 is 1.84 bits per heavy atom. The number of carbonyl (C=O) groups is 1. The third kappa shape index (κ3) is 3.45. The van der Waals surface area contributed by atoms with Crippen LogP contribution < -0.4 is 0 Å². The van der Waals surface area contributed by atoms with Gasteiger partial charge in [0.1, 0.15) is 5.75 Å². The number of nitrogens with zero attached hydrogens (tertiary/aromatic N) is 2. The van der Waals surface area contributed by atoms with Gasteiger partial charge in [-0.15, -0.1) is 0 Å². The van der Waals surface area contributed by atoms with E-state index in [1.54, 1.807) is 23.1 Å². The zero-order valence-electron chi connectivity index (χ0n) is 11.0. The molecule has 0 spiro atoms. The Kier molecular flexibility index (Phi) is 4.76. The average Bonchev–Trinajstić information content (AvgIpc) is 2.45. The number of rotatable bonds is 4. The molecule has 0 atom stereocenters. The largest absolute Gasteiger partial charge is 0.507 e. The lowest BCUT2D eigenvalue weighted by atomic mass is 10.1. The predicted octanol–water partition coefficient (Wildman–Crippen LogP) is 0.532. The van der Waals surface area contributed by atoms with E-state index in [2.05, 4.69) is 4.90 Å². The summed E-state index contributed by atoms with van der Waals surface area (Å²) in [4.78, 5) is 16.3. The third-order valence-electron chi connectivity index (χ3n) is 3.43. The Labute approximate surface area is 113 Å². The number of aromatic hydroxyl groups is 1. The third-order valence-corrected chi connectivity index (χ3v) is 3.43. The van der Waals surface area contributed by atoms with Gasteiger partial charge in [-0.25, -0.2) is 0 Å². The first-order chi connectivity index (χ1) is 9.22. The highest BCUT2D eigenvalue weighted by Crippen LogP contribution is 2.18. The summed E-state index contributed by atoms with van der Waals surface area (Å²) in [6.07, 6.45) is 0.771. The molecule has 0 bridgehead atoms. The molecule has 1 aliphatic heterocycles. The highest BCUT2D eigenvalue weighted by Gasteiger charge is 2.23. The number of benzene rings is 1. The molecule has 2 rings (SSSR count). The van der Waals surface area contributed by atoms with Gasteiger partial charge in [-0.05, 0) is 18.6 Å². The summed E-state index contributed by atoms with van der Waals surface area (Å²) < 4.78 is 0. The monoisotopic (exact) mass is 264 g/mol. The fourth-order valence-electron chi connectivity index (χ4n) is 2.29. The summed E-state index contributed by atoms with van der Waals surface area (Å²) in [7, 11) is 0. The number of phenolic OH excluding ortho intramolecular Hbond substituents is 1. The van der Waals surface area contributed by atoms with Crippen molar-refractivity contribution in [2.45, 2.75) is 6.42 Å². The van der Waals surface area contributed by atoms with Crippen LogP contribution in [0.2, 0.25) is 0 Å². The van der Waals surface area contributed by atoms with E-state index in [-0.39, 0.29) is 18.3 Å². The first kappa shape index (κ1) is 13.8. The van der Waals surface area contributed by atoms with Gasteiger partial charge in [0.05, 0.1) is 5.56 Å². The normalized spacial score (nSPS) is 16.6. The van der Waals surface area contributed by atoms with Crippen LogP contribution in [0.5, 0.6) is 5.75 Å². The van der Waals surface area contributed by atoms with Gasteiger partial charge in [-0.1, -0.05) is 12.1 Å². The average molecular weight is 264 g/mol. The molecule has 5 heteroatoms. The van der Waals surface area contributed by atoms with Crippen LogP contribution in [0.15, 0.2) is 24.3 Å². The van der Waals surface area contributed by atoms with Crippen molar-refractivity contribution >= 4 is 5.91 Å². The summed E-state index contributed by atoms with van der Waals surface area (Å²) in [5, 5.41) is 18.5. The van der Waals surface area contributed by atoms with Crippen molar-refractivity contribution in [1.29, 1.82) is 0 Å². The van der Waals surface area contributed by atoms with E-state index in [0.29, 0.717) is 18.7 Å². The first-order valence-electron chi connectivity index (χ1n) is 6.63. The zero-order valence-corrected chi connectivity index (χ0v) is 11.0. The summed E-state index contributed by atoms with van der Waals surface area (Å²) in [5.41, 5.74) is 0.367. The van der Waals surface area contributed by atoms with Gasteiger partial charge >= 0.3 is 0 Å². The Bertz CT molecular complexity index is 428. The molecule has 0 radical (unpaired) electrons. The van der Waals surface area contributed by atoms with E-state index in [9.17, 15) is 9.90 Å². The molecule has 0 aliphatic carbocycles. The van der Waals surface area contributed by atoms with Gasteiger partial charge in [-0.2, -0.15) is 0 Å². The molecule has 0 unspecified atom stereocenters. The van der Waals surface area contributed by atoms with Crippen molar-refractivity contribution in [3.05, 3.63) is 29.8 Å². The van der Waals surface area contributed by atoms with Crippen LogP contribution in [0.25, 0.3) is 0 Å². The van der Waals surface area contributed by atoms with Crippen molar-refractivity contribution < 1.29 is 15.0 Å². The fraction of sp³-hybridized carbons (Fsp3) is 0.500. The molecule has 1 aliphatic rings. The van der Waals surface area contributed by atoms with Crippen LogP contribution in [0.1, 0.15) is 16.8 Å². The molecule has 19 heavy (non-hydrogen) atoms. The van der Waals surface area contributed by atoms with Crippen molar-refractivity contribution in [3.63, 3.8) is 0 Å². The number of amides is 1. The SMILES string of the molecule is O=C(c1ccccc1O)N1CCN(CCCO)CC1. The second-order valence-corrected chi connectivity index (χ2v) is 4.73. The Balaban J connectivity index is 1.91. The molecule has 1 saturated heterocycles. The van der Waals surface area contributed by atoms with Crippen LogP contribution in [-0.4, -0.2) is 65.3 Å². The second kappa shape index (κ2) is 6.54. The Morgan fingerprint density at radius 3 is 2.47 bits per heavy atom. The zero-order chi connectivity index (χ0) is 13.7. The van der Waals surface area contributed by atoms with E-state index in [0.717, 1.165) is 26.1 Å². The van der Waals surface area contributed by atoms with Gasteiger partial charge in [0, 0.05) is 39.3 Å². The van der Waals surface area contributed by atoms with Gasteiger partial charge in [0.15, 0.2) is 0 Å². The number of para-hydroxylation sites is 1. The standard InChI is InChI=1S/C14H20N2O3/c17-11-3-6-15-7-9-16(10-8-15)14(19)12-4-1-2-5-13(12)18/h1-2,4-5,17-18H,3,6-11H2. The fourth-order valence-corrected chi connectivity index (χ4v) is 2.29. The van der Waals surface area contributed by atoms with Crippen LogP contribution in [0.4, 0.5) is 0 Å². The minimum atomic E-state index is -0.111. The number of phenols is 1. The molecular weight excluding hydrogens is 244 g/mol. The van der Waals surface area contributed by atoms with Crippen molar-refractivity contribution in [2.75, 3.05) is 39.3 Å². The molecule has 0 saturated carbocycles. The van der Waals surface area contributed by atoms with Crippen LogP contribution in [0, 0.1) is 0 Å². The highest BCUT2D eigenvalue weighted by molar-refractivity contribution is 5.96. The van der Waals surface area contributed by atoms with Crippen LogP contribution >= 0.6 is 0 Å². The molecule has 2 N–H and O–H groups in total. The molecule has 0 aromatic heterocycles. The lowest BCUT2D eigenvalue weighted by molar-refractivity contribution is 0.0626. The summed E-state index contributed by atoms with van der Waals surface area (Å²) in [6.45, 7) is 4.04. The second-order valence-electron chi connectivity index (χ2n) is 4.73. The number of aliphatic hydroxyl groups is 1. The highest BCUT2D eigenvalue weighted by atomic mass is 16.3. The smallest absolute Gasteiger partial charge is 0.257 e. The van der Waals surface area contributed by atoms with E-state index < -0.39 is 0 Å². The maximum atomic E-state index is 12.2. The summed E-state index contributed by atoms with van der Waals surface area (Å²) in [6, 6.07) is 6.64. The van der Waals surface area contributed by atoms with E-state index in [4.69, 9.17) is 5.11 Å². The van der Waals surface area contributed by atoms with Crippen LogP contribution in [0.3, 0.4) is 0 Å². The molecule has 104 valence electrons. The Hall–Kier alpha value is -1.59. The lowest BCUT2D eigenvalue weighted by Crippen LogP contribution is -2.48. The summed E-state index contributed by atoms with van der Waals surface area (Å²) >= 11 is 0. The van der Waals surface area contributed by atoms with E-state index in [1.165, 1.54) is 6.07 Å². The number of carbonyl (C=O) groups excluding carboxylic acids is 1. The molecule has 1 amide bonds. The van der Waals surface area contributed by atoms with E-state index in [1.807, 2.05) is 0 Å². The topological polar surface area (TPSA) is 64.0 Å². The lowest BCUT2D eigenvalue weighted by Gasteiger charge is -2.34. The molecule has 1 aromatic rings. The predicted molar refractivity (Wildman–Crippen MR) is 72.2 cm³/mol. The van der Waals surface area contributed by atoms with Gasteiger partial charge in [0.25, 0.3) is 5.91 Å². The van der Waals surface area contributed by atoms with Crippen molar-refractivity contribution in [3.8, 4) is 5.75 Å². The van der Waals surface area contributed by atoms with Crippen molar-refractivity contribution in [1.82, 2.24) is 9.80 Å². The minimum Gasteiger partial charge on any atom is -0.507 e. The molecule has 1 aromatic carbocycles. The van der Waals surface area contributed by atoms with Gasteiger partial charge in [-0.3, -0.25) is 9.69 Å². The maximum Gasteiger partial charge on any atom is 0.257 e. The molecular formula is C14H20N2O3. The molecule has 1 fully saturated rings. The van der Waals surface area contributed by atoms with Gasteiger partial charge < -0.3 is 15.1 Å². The minimum absolute atomic E-state index is 0.0372. The number of hydrogen-bond acceptors (Lipinski definition) is 4. The number of aliphatic hydroxyl groups excluding tert-OH is 1. The quantitative estimate of drug-likeness (QED) is 0.833. The molecule has 5 nitrogen and oxygen atoms in total. The van der Waals surface area contributed by atoms with E-state index >= 15 is 0 Å². The number of piperazine rings is 1.